The SMILES string of the molecule is CC12CCC(OC=O)CC1CCC1C2CCC2(C)C(NC=O)CCC12. The highest BCUT2D eigenvalue weighted by atomic mass is 16.5. The summed E-state index contributed by atoms with van der Waals surface area (Å²) in [6, 6.07) is 0.373. The second kappa shape index (κ2) is 6.28. The van der Waals surface area contributed by atoms with Crippen LogP contribution in [0.4, 0.5) is 0 Å². The van der Waals surface area contributed by atoms with Gasteiger partial charge in [-0.15, -0.1) is 0 Å². The van der Waals surface area contributed by atoms with Crippen LogP contribution in [-0.2, 0) is 14.3 Å². The second-order valence-corrected chi connectivity index (χ2v) is 9.74. The van der Waals surface area contributed by atoms with E-state index >= 15 is 0 Å². The molecular formula is C21H33NO3. The summed E-state index contributed by atoms with van der Waals surface area (Å²) in [6.07, 6.45) is 12.0. The van der Waals surface area contributed by atoms with Crippen LogP contribution in [-0.4, -0.2) is 25.0 Å². The molecule has 140 valence electrons. The minimum Gasteiger partial charge on any atom is -0.465 e. The molecule has 8 atom stereocenters. The van der Waals surface area contributed by atoms with Gasteiger partial charge < -0.3 is 10.1 Å². The summed E-state index contributed by atoms with van der Waals surface area (Å²) in [6.45, 7) is 5.61. The Labute approximate surface area is 151 Å². The lowest BCUT2D eigenvalue weighted by Crippen LogP contribution is -2.55. The Morgan fingerprint density at radius 3 is 2.44 bits per heavy atom. The zero-order valence-corrected chi connectivity index (χ0v) is 15.7. The summed E-state index contributed by atoms with van der Waals surface area (Å²) in [4.78, 5) is 21.8. The Kier molecular flexibility index (Phi) is 4.36. The molecule has 4 saturated carbocycles. The third-order valence-corrected chi connectivity index (χ3v) is 9.13. The van der Waals surface area contributed by atoms with Gasteiger partial charge >= 0.3 is 0 Å². The number of carbonyl (C=O) groups is 2. The van der Waals surface area contributed by atoms with Crippen molar-refractivity contribution in [1.29, 1.82) is 0 Å². The minimum atomic E-state index is 0.147. The maximum atomic E-state index is 11.0. The molecule has 8 unspecified atom stereocenters. The van der Waals surface area contributed by atoms with E-state index in [1.165, 1.54) is 38.5 Å². The van der Waals surface area contributed by atoms with Gasteiger partial charge in [-0.2, -0.15) is 0 Å². The third kappa shape index (κ3) is 2.54. The van der Waals surface area contributed by atoms with Gasteiger partial charge in [0, 0.05) is 6.04 Å². The Morgan fingerprint density at radius 1 is 0.920 bits per heavy atom. The van der Waals surface area contributed by atoms with Crippen LogP contribution < -0.4 is 5.32 Å². The quantitative estimate of drug-likeness (QED) is 0.789. The van der Waals surface area contributed by atoms with Crippen molar-refractivity contribution in [3.8, 4) is 0 Å². The maximum absolute atomic E-state index is 11.0. The van der Waals surface area contributed by atoms with Crippen LogP contribution in [0, 0.1) is 34.5 Å². The molecule has 4 fully saturated rings. The molecule has 4 nitrogen and oxygen atoms in total. The average Bonchev–Trinajstić information content (AvgIpc) is 2.93. The molecule has 4 aliphatic carbocycles. The molecule has 1 N–H and O–H groups in total. The van der Waals surface area contributed by atoms with Gasteiger partial charge in [0.25, 0.3) is 6.47 Å². The molecule has 0 aromatic rings. The molecule has 0 bridgehead atoms. The van der Waals surface area contributed by atoms with E-state index in [-0.39, 0.29) is 6.10 Å². The normalized spacial score (nSPS) is 51.6. The third-order valence-electron chi connectivity index (χ3n) is 9.13. The molecule has 0 heterocycles. The van der Waals surface area contributed by atoms with E-state index in [1.54, 1.807) is 0 Å². The van der Waals surface area contributed by atoms with Gasteiger partial charge in [0.05, 0.1) is 0 Å². The molecule has 4 heteroatoms. The number of amides is 1. The zero-order valence-electron chi connectivity index (χ0n) is 15.7. The van der Waals surface area contributed by atoms with E-state index in [9.17, 15) is 9.59 Å². The summed E-state index contributed by atoms with van der Waals surface area (Å²) < 4.78 is 5.32. The van der Waals surface area contributed by atoms with Crippen LogP contribution in [0.1, 0.15) is 71.6 Å². The molecule has 0 aromatic carbocycles. The number of nitrogens with one attached hydrogen (secondary N) is 1. The number of carbonyl (C=O) groups excluding carboxylic acids is 2. The van der Waals surface area contributed by atoms with Gasteiger partial charge in [-0.05, 0) is 92.3 Å². The molecule has 0 aromatic heterocycles. The van der Waals surface area contributed by atoms with Gasteiger partial charge in [-0.1, -0.05) is 13.8 Å². The Morgan fingerprint density at radius 2 is 1.68 bits per heavy atom. The van der Waals surface area contributed by atoms with Crippen molar-refractivity contribution < 1.29 is 14.3 Å². The summed E-state index contributed by atoms with van der Waals surface area (Å²) in [5.41, 5.74) is 0.715. The van der Waals surface area contributed by atoms with E-state index in [0.29, 0.717) is 29.3 Å². The minimum absolute atomic E-state index is 0.147. The van der Waals surface area contributed by atoms with Gasteiger partial charge in [0.15, 0.2) is 0 Å². The lowest BCUT2D eigenvalue weighted by molar-refractivity contribution is -0.149. The van der Waals surface area contributed by atoms with Crippen molar-refractivity contribution in [2.24, 2.45) is 34.5 Å². The Bertz CT molecular complexity index is 537. The molecule has 4 aliphatic rings. The fourth-order valence-electron chi connectivity index (χ4n) is 7.78. The summed E-state index contributed by atoms with van der Waals surface area (Å²) >= 11 is 0. The first-order valence-corrected chi connectivity index (χ1v) is 10.3. The van der Waals surface area contributed by atoms with Crippen LogP contribution in [0.2, 0.25) is 0 Å². The predicted octanol–water partition coefficient (Wildman–Crippen LogP) is 3.69. The smallest absolute Gasteiger partial charge is 0.293 e. The van der Waals surface area contributed by atoms with Crippen LogP contribution in [0.15, 0.2) is 0 Å². The fraction of sp³-hybridized carbons (Fsp3) is 0.905. The van der Waals surface area contributed by atoms with Crippen molar-refractivity contribution in [2.45, 2.75) is 83.8 Å². The van der Waals surface area contributed by atoms with Crippen molar-refractivity contribution >= 4 is 12.9 Å². The maximum Gasteiger partial charge on any atom is 0.293 e. The molecule has 0 saturated heterocycles. The highest BCUT2D eigenvalue weighted by Gasteiger charge is 2.60. The van der Waals surface area contributed by atoms with Gasteiger partial charge in [0.2, 0.25) is 6.41 Å². The van der Waals surface area contributed by atoms with Gasteiger partial charge in [-0.3, -0.25) is 9.59 Å². The Hall–Kier alpha value is -1.06. The summed E-state index contributed by atoms with van der Waals surface area (Å²) in [7, 11) is 0. The van der Waals surface area contributed by atoms with E-state index < -0.39 is 0 Å². The first kappa shape index (κ1) is 17.4. The van der Waals surface area contributed by atoms with Gasteiger partial charge in [0.1, 0.15) is 6.10 Å². The van der Waals surface area contributed by atoms with Crippen molar-refractivity contribution in [2.75, 3.05) is 0 Å². The topological polar surface area (TPSA) is 55.4 Å². The van der Waals surface area contributed by atoms with E-state index in [4.69, 9.17) is 4.74 Å². The van der Waals surface area contributed by atoms with Crippen molar-refractivity contribution in [3.63, 3.8) is 0 Å². The highest BCUT2D eigenvalue weighted by Crippen LogP contribution is 2.66. The van der Waals surface area contributed by atoms with Crippen molar-refractivity contribution in [1.82, 2.24) is 5.32 Å². The molecule has 0 radical (unpaired) electrons. The molecule has 4 rings (SSSR count). The second-order valence-electron chi connectivity index (χ2n) is 9.74. The number of rotatable bonds is 4. The average molecular weight is 347 g/mol. The van der Waals surface area contributed by atoms with Gasteiger partial charge in [-0.25, -0.2) is 0 Å². The fourth-order valence-corrected chi connectivity index (χ4v) is 7.78. The molecule has 25 heavy (non-hydrogen) atoms. The Balaban J connectivity index is 1.54. The first-order valence-electron chi connectivity index (χ1n) is 10.3. The van der Waals surface area contributed by atoms with E-state index in [1.807, 2.05) is 0 Å². The molecule has 0 spiro atoms. The van der Waals surface area contributed by atoms with Crippen LogP contribution in [0.25, 0.3) is 0 Å². The van der Waals surface area contributed by atoms with E-state index in [0.717, 1.165) is 43.4 Å². The first-order chi connectivity index (χ1) is 12.0. The molecule has 0 aliphatic heterocycles. The molecular weight excluding hydrogens is 314 g/mol. The number of ether oxygens (including phenoxy) is 1. The van der Waals surface area contributed by atoms with Crippen LogP contribution in [0.5, 0.6) is 0 Å². The largest absolute Gasteiger partial charge is 0.465 e. The monoisotopic (exact) mass is 347 g/mol. The molecule has 1 amide bonds. The van der Waals surface area contributed by atoms with E-state index in [2.05, 4.69) is 19.2 Å². The van der Waals surface area contributed by atoms with Crippen LogP contribution >= 0.6 is 0 Å². The lowest BCUT2D eigenvalue weighted by atomic mass is 9.45. The number of hydrogen-bond acceptors (Lipinski definition) is 3. The van der Waals surface area contributed by atoms with Crippen molar-refractivity contribution in [3.05, 3.63) is 0 Å². The predicted molar refractivity (Wildman–Crippen MR) is 95.7 cm³/mol. The summed E-state index contributed by atoms with van der Waals surface area (Å²) in [5, 5.41) is 3.14. The highest BCUT2D eigenvalue weighted by molar-refractivity contribution is 5.47. The lowest BCUT2D eigenvalue weighted by Gasteiger charge is -2.61. The zero-order chi connectivity index (χ0) is 17.7. The number of fused-ring (bicyclic) bond motifs is 5. The standard InChI is InChI=1S/C21H33NO3/c1-20-9-7-15(25-13-24)11-14(20)3-4-16-17-5-6-19(22-12-23)21(17,2)10-8-18(16)20/h12-19H,3-11H2,1-2H3,(H,22,23). The summed E-state index contributed by atoms with van der Waals surface area (Å²) in [5.74, 6) is 3.12. The number of hydrogen-bond donors (Lipinski definition) is 1. The van der Waals surface area contributed by atoms with Crippen LogP contribution in [0.3, 0.4) is 0 Å².